The Morgan fingerprint density at radius 3 is 2.69 bits per heavy atom. The Bertz CT molecular complexity index is 209. The van der Waals surface area contributed by atoms with Gasteiger partial charge in [0.15, 0.2) is 0 Å². The number of aliphatic imine (C=N–C) groups is 1. The van der Waals surface area contributed by atoms with Crippen molar-refractivity contribution in [1.82, 2.24) is 5.09 Å². The summed E-state index contributed by atoms with van der Waals surface area (Å²) in [7, 11) is 1.71. The van der Waals surface area contributed by atoms with Crippen LogP contribution in [0.5, 0.6) is 0 Å². The zero-order valence-electron chi connectivity index (χ0n) is 8.48. The van der Waals surface area contributed by atoms with Crippen LogP contribution in [0.25, 0.3) is 0 Å². The number of hydrogen-bond acceptors (Lipinski definition) is 4. The van der Waals surface area contributed by atoms with Gasteiger partial charge in [-0.05, 0) is 31.4 Å². The first-order valence-corrected chi connectivity index (χ1v) is 8.46. The van der Waals surface area contributed by atoms with E-state index < -0.39 is 5.62 Å². The third-order valence-electron chi connectivity index (χ3n) is 0.994. The summed E-state index contributed by atoms with van der Waals surface area (Å²) in [6, 6.07) is 0. The minimum Gasteiger partial charge on any atom is -0.324 e. The van der Waals surface area contributed by atoms with Crippen molar-refractivity contribution in [2.75, 3.05) is 12.8 Å². The van der Waals surface area contributed by atoms with E-state index in [-0.39, 0.29) is 6.10 Å². The van der Waals surface area contributed by atoms with Crippen molar-refractivity contribution in [1.29, 1.82) is 0 Å². The van der Waals surface area contributed by atoms with Gasteiger partial charge in [0.05, 0.1) is 12.4 Å². The Morgan fingerprint density at radius 2 is 2.31 bits per heavy atom. The molecule has 0 aromatic rings. The van der Waals surface area contributed by atoms with Crippen molar-refractivity contribution in [3.63, 3.8) is 0 Å². The van der Waals surface area contributed by atoms with Crippen LogP contribution in [0.4, 0.5) is 0 Å². The molecule has 0 aliphatic carbocycles. The molecule has 0 aliphatic heterocycles. The Balaban J connectivity index is 4.24. The first-order chi connectivity index (χ1) is 6.04. The zero-order valence-corrected chi connectivity index (χ0v) is 11.0. The van der Waals surface area contributed by atoms with E-state index in [0.717, 1.165) is 5.75 Å². The molecule has 0 fully saturated rings. The molecule has 0 bridgehead atoms. The highest BCUT2D eigenvalue weighted by atomic mass is 32.9. The maximum atomic E-state index is 5.67. The third-order valence-corrected chi connectivity index (χ3v) is 6.61. The quantitative estimate of drug-likeness (QED) is 0.439. The van der Waals surface area contributed by atoms with E-state index in [1.807, 2.05) is 13.8 Å². The maximum absolute atomic E-state index is 5.67. The van der Waals surface area contributed by atoms with Crippen LogP contribution in [-0.2, 0) is 16.3 Å². The van der Waals surface area contributed by atoms with Crippen molar-refractivity contribution in [3.05, 3.63) is 0 Å². The molecule has 0 amide bonds. The molecule has 0 spiro atoms. The van der Waals surface area contributed by atoms with Gasteiger partial charge in [-0.15, -0.1) is 0 Å². The highest BCUT2D eigenvalue weighted by Crippen LogP contribution is 2.56. The molecule has 0 aromatic heterocycles. The molecule has 1 N–H and O–H groups in total. The Morgan fingerprint density at radius 1 is 1.69 bits per heavy atom. The van der Waals surface area contributed by atoms with Crippen LogP contribution in [0, 0.1) is 0 Å². The summed E-state index contributed by atoms with van der Waals surface area (Å²) in [5, 5.41) is 3.05. The molecule has 0 rings (SSSR count). The summed E-state index contributed by atoms with van der Waals surface area (Å²) in [6.45, 7) is 6.05. The van der Waals surface area contributed by atoms with Crippen LogP contribution >= 0.6 is 17.0 Å². The first-order valence-electron chi connectivity index (χ1n) is 4.15. The highest BCUT2D eigenvalue weighted by Gasteiger charge is 2.17. The van der Waals surface area contributed by atoms with E-state index in [2.05, 4.69) is 17.0 Å². The molecule has 78 valence electrons. The van der Waals surface area contributed by atoms with Gasteiger partial charge in [-0.1, -0.05) is 18.3 Å². The van der Waals surface area contributed by atoms with Gasteiger partial charge in [-0.3, -0.25) is 4.99 Å². The SMILES string of the molecule is CCSP(=S)(NC=NC)OC(C)C. The molecule has 3 nitrogen and oxygen atoms in total. The van der Waals surface area contributed by atoms with Gasteiger partial charge in [0, 0.05) is 7.05 Å². The van der Waals surface area contributed by atoms with Crippen LogP contribution in [0.2, 0.25) is 0 Å². The second-order valence-electron chi connectivity index (χ2n) is 2.59. The van der Waals surface area contributed by atoms with E-state index >= 15 is 0 Å². The minimum absolute atomic E-state index is 0.155. The van der Waals surface area contributed by atoms with E-state index in [4.69, 9.17) is 16.3 Å². The molecule has 0 saturated carbocycles. The topological polar surface area (TPSA) is 33.6 Å². The van der Waals surface area contributed by atoms with E-state index in [0.29, 0.717) is 0 Å². The fourth-order valence-electron chi connectivity index (χ4n) is 0.674. The molecule has 1 unspecified atom stereocenters. The van der Waals surface area contributed by atoms with Gasteiger partial charge in [-0.2, -0.15) is 0 Å². The molecule has 0 saturated heterocycles. The van der Waals surface area contributed by atoms with Crippen LogP contribution in [0.15, 0.2) is 4.99 Å². The predicted octanol–water partition coefficient (Wildman–Crippen LogP) is 2.64. The van der Waals surface area contributed by atoms with E-state index in [1.165, 1.54) is 0 Å². The molecule has 1 atom stereocenters. The second kappa shape index (κ2) is 6.82. The summed E-state index contributed by atoms with van der Waals surface area (Å²) < 4.78 is 5.67. The number of hydrogen-bond donors (Lipinski definition) is 1. The smallest absolute Gasteiger partial charge is 0.211 e. The minimum atomic E-state index is -1.94. The van der Waals surface area contributed by atoms with Crippen molar-refractivity contribution in [2.24, 2.45) is 4.99 Å². The fraction of sp³-hybridized carbons (Fsp3) is 0.857. The summed E-state index contributed by atoms with van der Waals surface area (Å²) in [6.07, 6.45) is 1.77. The Hall–Kier alpha value is 0.430. The zero-order chi connectivity index (χ0) is 10.3. The summed E-state index contributed by atoms with van der Waals surface area (Å²) in [5.74, 6) is 0.953. The molecular weight excluding hydrogens is 223 g/mol. The average molecular weight is 240 g/mol. The van der Waals surface area contributed by atoms with Gasteiger partial charge in [0.1, 0.15) is 0 Å². The monoisotopic (exact) mass is 240 g/mol. The van der Waals surface area contributed by atoms with Gasteiger partial charge < -0.3 is 9.61 Å². The number of rotatable bonds is 6. The lowest BCUT2D eigenvalue weighted by Gasteiger charge is -2.22. The van der Waals surface area contributed by atoms with Crippen LogP contribution in [-0.4, -0.2) is 25.2 Å². The maximum Gasteiger partial charge on any atom is 0.211 e. The normalized spacial score (nSPS) is 16.4. The lowest BCUT2D eigenvalue weighted by Crippen LogP contribution is -2.11. The van der Waals surface area contributed by atoms with Gasteiger partial charge in [-0.25, -0.2) is 0 Å². The van der Waals surface area contributed by atoms with Crippen molar-refractivity contribution in [2.45, 2.75) is 26.9 Å². The van der Waals surface area contributed by atoms with Gasteiger partial charge in [0.25, 0.3) is 0 Å². The molecule has 0 aromatic carbocycles. The Kier molecular flexibility index (Phi) is 7.05. The molecule has 13 heavy (non-hydrogen) atoms. The summed E-state index contributed by atoms with van der Waals surface area (Å²) >= 11 is 7.04. The second-order valence-corrected chi connectivity index (χ2v) is 9.44. The molecule has 0 radical (unpaired) electrons. The molecular formula is C7H17N2OPS2. The number of nitrogens with zero attached hydrogens (tertiary/aromatic N) is 1. The lowest BCUT2D eigenvalue weighted by molar-refractivity contribution is 0.274. The van der Waals surface area contributed by atoms with Gasteiger partial charge in [0.2, 0.25) is 5.62 Å². The van der Waals surface area contributed by atoms with Crippen molar-refractivity contribution in [3.8, 4) is 0 Å². The first kappa shape index (κ1) is 13.4. The average Bonchev–Trinajstić information content (AvgIpc) is 2.00. The number of nitrogens with one attached hydrogen (secondary N) is 1. The predicted molar refractivity (Wildman–Crippen MR) is 66.2 cm³/mol. The van der Waals surface area contributed by atoms with Crippen LogP contribution in [0.3, 0.4) is 0 Å². The van der Waals surface area contributed by atoms with Crippen LogP contribution < -0.4 is 5.09 Å². The fourth-order valence-corrected chi connectivity index (χ4v) is 5.71. The molecule has 6 heteroatoms. The van der Waals surface area contributed by atoms with Crippen LogP contribution in [0.1, 0.15) is 20.8 Å². The van der Waals surface area contributed by atoms with Gasteiger partial charge >= 0.3 is 0 Å². The van der Waals surface area contributed by atoms with E-state index in [9.17, 15) is 0 Å². The van der Waals surface area contributed by atoms with E-state index in [1.54, 1.807) is 24.8 Å². The highest BCUT2D eigenvalue weighted by molar-refractivity contribution is 8.68. The lowest BCUT2D eigenvalue weighted by atomic mass is 10.5. The van der Waals surface area contributed by atoms with Crippen molar-refractivity contribution < 1.29 is 4.52 Å². The summed E-state index contributed by atoms with van der Waals surface area (Å²) in [5.41, 5.74) is -1.94. The standard InChI is InChI=1S/C7H17N2OPS2/c1-5-13-11(12,9-6-8-4)10-7(2)3/h6-7H,5H2,1-4H3,(H,8,9,12). The molecule has 0 heterocycles. The Labute approximate surface area is 89.6 Å². The summed E-state index contributed by atoms with van der Waals surface area (Å²) in [4.78, 5) is 3.84. The largest absolute Gasteiger partial charge is 0.324 e. The molecule has 0 aliphatic rings. The third kappa shape index (κ3) is 6.49. The van der Waals surface area contributed by atoms with Crippen molar-refractivity contribution >= 4 is 35.1 Å².